The van der Waals surface area contributed by atoms with Gasteiger partial charge in [-0.1, -0.05) is 51.1 Å². The number of hydrogen-bond donors (Lipinski definition) is 0. The average Bonchev–Trinajstić information content (AvgIpc) is 2.94. The molecule has 0 aromatic heterocycles. The first-order valence-corrected chi connectivity index (χ1v) is 15.1. The van der Waals surface area contributed by atoms with Crippen LogP contribution in [0.3, 0.4) is 0 Å². The van der Waals surface area contributed by atoms with Gasteiger partial charge in [0.05, 0.1) is 23.7 Å². The van der Waals surface area contributed by atoms with E-state index in [1.54, 1.807) is 30.3 Å². The number of benzene rings is 2. The zero-order valence-electron chi connectivity index (χ0n) is 27.0. The molecule has 2 aromatic rings. The SMILES string of the molecule is CON(C(=O)c1ccc(C#CCCCCOCC(=O)OC(C)(C)C)cc1)[C@H]1C(C)(C)[C@H](Oc2ccc(C#N)c(Cl)c2)C1(C)C. The van der Waals surface area contributed by atoms with Crippen molar-refractivity contribution in [3.8, 4) is 23.7 Å². The Morgan fingerprint density at radius 1 is 1.02 bits per heavy atom. The lowest BCUT2D eigenvalue weighted by Gasteiger charge is -2.64. The summed E-state index contributed by atoms with van der Waals surface area (Å²) >= 11 is 6.22. The number of unbranched alkanes of at least 4 members (excludes halogenated alkanes) is 2. The molecular weight excluding hydrogens is 580 g/mol. The van der Waals surface area contributed by atoms with E-state index in [2.05, 4.69) is 17.9 Å². The Morgan fingerprint density at radius 3 is 2.25 bits per heavy atom. The molecule has 0 N–H and O–H groups in total. The number of hydroxylamine groups is 2. The summed E-state index contributed by atoms with van der Waals surface area (Å²) in [6.07, 6.45) is 2.08. The molecule has 2 aromatic carbocycles. The maximum Gasteiger partial charge on any atom is 0.332 e. The lowest BCUT2D eigenvalue weighted by Crippen LogP contribution is -2.75. The maximum atomic E-state index is 13.6. The lowest BCUT2D eigenvalue weighted by atomic mass is 9.49. The molecule has 0 atom stereocenters. The normalized spacial score (nSPS) is 18.2. The molecule has 8 nitrogen and oxygen atoms in total. The fraction of sp³-hybridized carbons (Fsp3) is 0.514. The molecule has 1 aliphatic rings. The fourth-order valence-corrected chi connectivity index (χ4v) is 6.26. The Bertz CT molecular complexity index is 1410. The molecule has 0 radical (unpaired) electrons. The maximum absolute atomic E-state index is 13.6. The van der Waals surface area contributed by atoms with Gasteiger partial charge in [-0.3, -0.25) is 9.63 Å². The van der Waals surface area contributed by atoms with Crippen LogP contribution in [0.5, 0.6) is 5.75 Å². The van der Waals surface area contributed by atoms with Gasteiger partial charge in [0.25, 0.3) is 5.91 Å². The number of nitriles is 1. The van der Waals surface area contributed by atoms with Gasteiger partial charge in [0, 0.05) is 41.1 Å². The Labute approximate surface area is 266 Å². The third-order valence-corrected chi connectivity index (χ3v) is 7.86. The molecule has 0 aliphatic heterocycles. The van der Waals surface area contributed by atoms with Crippen LogP contribution in [0.4, 0.5) is 0 Å². The standard InChI is InChI=1S/C35H43ClN2O6/c1-33(2,3)44-29(39)23-42-20-12-10-9-11-13-24-14-16-25(17-15-24)30(40)38(41-8)31-34(4,5)32(35(31,6)7)43-27-19-18-26(22-37)28(36)21-27/h14-19,21,31-32H,9-10,12,20,23H2,1-8H3/t31-,32-. The van der Waals surface area contributed by atoms with Gasteiger partial charge in [0.2, 0.25) is 0 Å². The van der Waals surface area contributed by atoms with E-state index in [4.69, 9.17) is 35.9 Å². The van der Waals surface area contributed by atoms with Crippen molar-refractivity contribution in [2.75, 3.05) is 20.3 Å². The fourth-order valence-electron chi connectivity index (χ4n) is 6.05. The van der Waals surface area contributed by atoms with Crippen LogP contribution in [0.15, 0.2) is 42.5 Å². The number of carbonyl (C=O) groups excluding carboxylic acids is 2. The van der Waals surface area contributed by atoms with Crippen LogP contribution in [-0.2, 0) is 19.1 Å². The molecule has 1 amide bonds. The average molecular weight is 623 g/mol. The van der Waals surface area contributed by atoms with Crippen molar-refractivity contribution in [1.29, 1.82) is 5.26 Å². The summed E-state index contributed by atoms with van der Waals surface area (Å²) < 4.78 is 17.0. The Balaban J connectivity index is 1.54. The summed E-state index contributed by atoms with van der Waals surface area (Å²) in [5.41, 5.74) is 0.263. The van der Waals surface area contributed by atoms with E-state index in [0.29, 0.717) is 34.9 Å². The molecule has 0 saturated heterocycles. The minimum absolute atomic E-state index is 0.0491. The second-order valence-electron chi connectivity index (χ2n) is 13.1. The second-order valence-corrected chi connectivity index (χ2v) is 13.5. The third kappa shape index (κ3) is 8.54. The van der Waals surface area contributed by atoms with Gasteiger partial charge in [0.1, 0.15) is 30.1 Å². The van der Waals surface area contributed by atoms with Gasteiger partial charge in [-0.25, -0.2) is 9.86 Å². The molecule has 0 heterocycles. The van der Waals surface area contributed by atoms with Crippen molar-refractivity contribution >= 4 is 23.5 Å². The van der Waals surface area contributed by atoms with Crippen molar-refractivity contribution in [1.82, 2.24) is 5.06 Å². The minimum atomic E-state index is -0.515. The zero-order valence-corrected chi connectivity index (χ0v) is 27.7. The van der Waals surface area contributed by atoms with Gasteiger partial charge in [-0.2, -0.15) is 5.26 Å². The van der Waals surface area contributed by atoms with Crippen molar-refractivity contribution in [2.24, 2.45) is 10.8 Å². The predicted octanol–water partition coefficient (Wildman–Crippen LogP) is 6.98. The first kappa shape index (κ1) is 34.9. The number of amides is 1. The zero-order chi connectivity index (χ0) is 32.7. The van der Waals surface area contributed by atoms with Gasteiger partial charge in [-0.05, 0) is 70.0 Å². The highest BCUT2D eigenvalue weighted by Crippen LogP contribution is 2.58. The number of carbonyl (C=O) groups is 2. The molecule has 3 rings (SSSR count). The summed E-state index contributed by atoms with van der Waals surface area (Å²) in [6, 6.07) is 14.0. The van der Waals surface area contributed by atoms with Gasteiger partial charge < -0.3 is 14.2 Å². The van der Waals surface area contributed by atoms with Crippen LogP contribution in [0.25, 0.3) is 0 Å². The quantitative estimate of drug-likeness (QED) is 0.115. The van der Waals surface area contributed by atoms with E-state index in [1.165, 1.54) is 12.2 Å². The monoisotopic (exact) mass is 622 g/mol. The Hall–Kier alpha value is -3.56. The van der Waals surface area contributed by atoms with Gasteiger partial charge in [0.15, 0.2) is 0 Å². The van der Waals surface area contributed by atoms with Gasteiger partial charge >= 0.3 is 5.97 Å². The lowest BCUT2D eigenvalue weighted by molar-refractivity contribution is -0.273. The van der Waals surface area contributed by atoms with Crippen LogP contribution < -0.4 is 4.74 Å². The van der Waals surface area contributed by atoms with Crippen molar-refractivity contribution in [2.45, 2.75) is 85.5 Å². The molecule has 1 saturated carbocycles. The highest BCUT2D eigenvalue weighted by molar-refractivity contribution is 6.31. The summed E-state index contributed by atoms with van der Waals surface area (Å²) in [4.78, 5) is 31.0. The van der Waals surface area contributed by atoms with Crippen molar-refractivity contribution in [3.05, 3.63) is 64.2 Å². The molecule has 9 heteroatoms. The van der Waals surface area contributed by atoms with Crippen LogP contribution in [0, 0.1) is 34.0 Å². The number of esters is 1. The van der Waals surface area contributed by atoms with E-state index in [9.17, 15) is 9.59 Å². The Kier molecular flexibility index (Phi) is 11.5. The number of rotatable bonds is 11. The second kappa shape index (κ2) is 14.5. The largest absolute Gasteiger partial charge is 0.489 e. The summed E-state index contributed by atoms with van der Waals surface area (Å²) in [5, 5.41) is 10.9. The topological polar surface area (TPSA) is 98.1 Å². The summed E-state index contributed by atoms with van der Waals surface area (Å²) in [6.45, 7) is 14.1. The van der Waals surface area contributed by atoms with Crippen LogP contribution in [-0.4, -0.2) is 55.0 Å². The van der Waals surface area contributed by atoms with E-state index < -0.39 is 16.4 Å². The summed E-state index contributed by atoms with van der Waals surface area (Å²) in [5.74, 6) is 6.24. The molecule has 0 unspecified atom stereocenters. The van der Waals surface area contributed by atoms with E-state index >= 15 is 0 Å². The van der Waals surface area contributed by atoms with E-state index in [0.717, 1.165) is 18.4 Å². The van der Waals surface area contributed by atoms with E-state index in [1.807, 2.05) is 60.6 Å². The summed E-state index contributed by atoms with van der Waals surface area (Å²) in [7, 11) is 1.50. The van der Waals surface area contributed by atoms with Crippen LogP contribution in [0.1, 0.15) is 89.2 Å². The predicted molar refractivity (Wildman–Crippen MR) is 169 cm³/mol. The first-order chi connectivity index (χ1) is 20.6. The molecule has 1 fully saturated rings. The highest BCUT2D eigenvalue weighted by atomic mass is 35.5. The minimum Gasteiger partial charge on any atom is -0.489 e. The number of ether oxygens (including phenoxy) is 3. The van der Waals surface area contributed by atoms with Crippen molar-refractivity contribution in [3.63, 3.8) is 0 Å². The first-order valence-electron chi connectivity index (χ1n) is 14.7. The number of hydrogen-bond acceptors (Lipinski definition) is 7. The molecule has 44 heavy (non-hydrogen) atoms. The number of nitrogens with zero attached hydrogens (tertiary/aromatic N) is 2. The molecular formula is C35H43ClN2O6. The van der Waals surface area contributed by atoms with E-state index in [-0.39, 0.29) is 30.6 Å². The molecule has 1 aliphatic carbocycles. The third-order valence-electron chi connectivity index (χ3n) is 7.55. The van der Waals surface area contributed by atoms with Crippen LogP contribution >= 0.6 is 11.6 Å². The molecule has 236 valence electrons. The molecule has 0 bridgehead atoms. The van der Waals surface area contributed by atoms with Crippen LogP contribution in [0.2, 0.25) is 5.02 Å². The molecule has 0 spiro atoms. The van der Waals surface area contributed by atoms with Crippen molar-refractivity contribution < 1.29 is 28.6 Å². The Morgan fingerprint density at radius 2 is 1.68 bits per heavy atom. The number of halogens is 1. The highest BCUT2D eigenvalue weighted by Gasteiger charge is 2.67. The van der Waals surface area contributed by atoms with Gasteiger partial charge in [-0.15, -0.1) is 0 Å². The smallest absolute Gasteiger partial charge is 0.332 e.